The number of rotatable bonds is 38. The van der Waals surface area contributed by atoms with Crippen LogP contribution in [0.5, 0.6) is 0 Å². The topological polar surface area (TPSA) is 362 Å². The van der Waals surface area contributed by atoms with Crippen molar-refractivity contribution in [2.45, 2.75) is 100.0 Å². The number of aliphatic hydroxyl groups excluding tert-OH is 3. The average Bonchev–Trinajstić information content (AvgIpc) is 0.809. The van der Waals surface area contributed by atoms with Crippen LogP contribution in [-0.2, 0) is 61.6 Å². The second-order valence-electron chi connectivity index (χ2n) is 24.0. The van der Waals surface area contributed by atoms with Gasteiger partial charge in [-0.05, 0) is 109 Å². The van der Waals surface area contributed by atoms with E-state index >= 15 is 0 Å². The Kier molecular flexibility index (Phi) is 30.6. The molecule has 564 valence electrons. The van der Waals surface area contributed by atoms with E-state index in [4.69, 9.17) is 56.8 Å². The lowest BCUT2D eigenvalue weighted by atomic mass is 10.0. The monoisotopic (exact) mass is 1490 g/mol. The van der Waals surface area contributed by atoms with Crippen molar-refractivity contribution in [2.24, 2.45) is 0 Å². The van der Waals surface area contributed by atoms with E-state index in [1.807, 2.05) is 0 Å². The summed E-state index contributed by atoms with van der Waals surface area (Å²) in [6, 6.07) is 66.0. The van der Waals surface area contributed by atoms with Crippen LogP contribution in [0.25, 0.3) is 0 Å². The Balaban J connectivity index is 1.14. The summed E-state index contributed by atoms with van der Waals surface area (Å²) in [4.78, 5) is 142. The minimum Gasteiger partial charge on any atom is -0.462 e. The summed E-state index contributed by atoms with van der Waals surface area (Å²) in [6.07, 6.45) is -30.5. The standard InChI is InChI=1S/C83H76O26/c1-53(84)101-63(47-52-100-82(96)70(108-80(94)61-43-25-9-26-44-61)67(104-77(91)58-37-19-6-20-38-58)64(102-75(89)56-33-15-4-16-34-56)48-50-98-73(87)54-29-11-2-12-30-54)66(69(72(85)86)107-79(93)60-41-23-8-24-42-60)106-83(97)71(109-81(95)62-45-27-10-28-46-62)68(105-78(92)59-39-21-7-22-40-59)65(103-76(90)57-35-17-5-18-36-57)49-51-99-74(88)55-31-13-3-14-32-55/h2-46,63-72,82-83,85-86,96-97H,47-52H2,1H3. The minimum absolute atomic E-state index is 0.0340. The van der Waals surface area contributed by atoms with Gasteiger partial charge < -0.3 is 77.3 Å². The number of benzene rings is 9. The van der Waals surface area contributed by atoms with Crippen LogP contribution in [0.4, 0.5) is 0 Å². The maximum absolute atomic E-state index is 14.7. The fourth-order valence-electron chi connectivity index (χ4n) is 10.9. The highest BCUT2D eigenvalue weighted by Crippen LogP contribution is 2.30. The Labute approximate surface area is 625 Å². The lowest BCUT2D eigenvalue weighted by Gasteiger charge is -2.39. The molecule has 9 rings (SSSR count). The maximum atomic E-state index is 14.7. The van der Waals surface area contributed by atoms with Crippen LogP contribution in [-0.4, -0.2) is 174 Å². The van der Waals surface area contributed by atoms with Crippen LogP contribution in [0, 0.1) is 0 Å². The third-order valence-corrected chi connectivity index (χ3v) is 16.3. The molecule has 11 atom stereocenters. The first-order valence-corrected chi connectivity index (χ1v) is 34.2. The molecule has 0 spiro atoms. The van der Waals surface area contributed by atoms with Gasteiger partial charge in [0, 0.05) is 26.2 Å². The van der Waals surface area contributed by atoms with Crippen LogP contribution in [0.15, 0.2) is 273 Å². The first kappa shape index (κ1) is 80.5. The SMILES string of the molecule is CC(=O)OC(CCOC(O)C(OC(=O)c1ccccc1)C(OC(=O)c1ccccc1)C(CCOC(=O)c1ccccc1)OC(=O)c1ccccc1)C(OC(O)C(OC(=O)c1ccccc1)C(OC(=O)c1ccccc1)C(CCOC(=O)c1ccccc1)OC(=O)c1ccccc1)C(OC(=O)c1ccccc1)C(O)O. The fraction of sp³-hybridized carbons (Fsp3) is 0.229. The zero-order valence-corrected chi connectivity index (χ0v) is 58.4. The highest BCUT2D eigenvalue weighted by Gasteiger charge is 2.49. The third kappa shape index (κ3) is 24.2. The van der Waals surface area contributed by atoms with Gasteiger partial charge in [0.1, 0.15) is 24.4 Å². The Morgan fingerprint density at radius 3 is 0.734 bits per heavy atom. The van der Waals surface area contributed by atoms with Gasteiger partial charge in [-0.2, -0.15) is 0 Å². The van der Waals surface area contributed by atoms with E-state index < -0.39 is 173 Å². The van der Waals surface area contributed by atoms with Crippen molar-refractivity contribution in [2.75, 3.05) is 19.8 Å². The lowest BCUT2D eigenvalue weighted by Crippen LogP contribution is -2.57. The molecule has 26 heteroatoms. The molecule has 0 aliphatic carbocycles. The van der Waals surface area contributed by atoms with E-state index in [1.54, 1.807) is 78.9 Å². The molecule has 0 saturated carbocycles. The summed E-state index contributed by atoms with van der Waals surface area (Å²) >= 11 is 0. The van der Waals surface area contributed by atoms with Gasteiger partial charge in [-0.3, -0.25) is 4.79 Å². The summed E-state index contributed by atoms with van der Waals surface area (Å²) in [6.45, 7) is -1.30. The van der Waals surface area contributed by atoms with Crippen molar-refractivity contribution in [3.8, 4) is 0 Å². The van der Waals surface area contributed by atoms with Gasteiger partial charge in [0.15, 0.2) is 49.4 Å². The van der Waals surface area contributed by atoms with E-state index in [9.17, 15) is 68.4 Å². The summed E-state index contributed by atoms with van der Waals surface area (Å²) in [5.74, 6) is -11.1. The van der Waals surface area contributed by atoms with Gasteiger partial charge in [0.25, 0.3) is 0 Å². The normalized spacial score (nSPS) is 14.1. The lowest BCUT2D eigenvalue weighted by molar-refractivity contribution is -0.272. The number of hydrogen-bond acceptors (Lipinski definition) is 26. The highest BCUT2D eigenvalue weighted by atomic mass is 16.7. The molecule has 0 amide bonds. The Morgan fingerprint density at radius 1 is 0.248 bits per heavy atom. The Hall–Kier alpha value is -12.6. The first-order valence-electron chi connectivity index (χ1n) is 34.2. The largest absolute Gasteiger partial charge is 0.462 e. The van der Waals surface area contributed by atoms with Gasteiger partial charge in [-0.15, -0.1) is 0 Å². The quantitative estimate of drug-likeness (QED) is 0.0159. The van der Waals surface area contributed by atoms with Gasteiger partial charge in [-0.1, -0.05) is 164 Å². The van der Waals surface area contributed by atoms with E-state index in [0.717, 1.165) is 6.92 Å². The molecule has 4 N–H and O–H groups in total. The van der Waals surface area contributed by atoms with Gasteiger partial charge in [0.05, 0.1) is 69.9 Å². The van der Waals surface area contributed by atoms with E-state index in [-0.39, 0.29) is 50.1 Å². The zero-order valence-electron chi connectivity index (χ0n) is 58.4. The molecule has 9 aromatic carbocycles. The number of carbonyl (C=O) groups is 10. The van der Waals surface area contributed by atoms with Crippen molar-refractivity contribution in [1.29, 1.82) is 0 Å². The molecular formula is C83H76O26. The summed E-state index contributed by atoms with van der Waals surface area (Å²) in [5.41, 5.74) is -0.689. The van der Waals surface area contributed by atoms with Crippen molar-refractivity contribution in [3.63, 3.8) is 0 Å². The Bertz CT molecular complexity index is 4390. The molecule has 0 heterocycles. The maximum Gasteiger partial charge on any atom is 0.338 e. The molecule has 109 heavy (non-hydrogen) atoms. The number of hydrogen-bond donors (Lipinski definition) is 4. The molecule has 0 aliphatic rings. The minimum atomic E-state index is -2.89. The summed E-state index contributed by atoms with van der Waals surface area (Å²) < 4.78 is 71.9. The van der Waals surface area contributed by atoms with Gasteiger partial charge in [-0.25, -0.2) is 43.2 Å². The molecule has 0 aliphatic heterocycles. The molecule has 0 fully saturated rings. The van der Waals surface area contributed by atoms with E-state index in [0.29, 0.717) is 0 Å². The first-order chi connectivity index (χ1) is 52.8. The van der Waals surface area contributed by atoms with E-state index in [1.165, 1.54) is 194 Å². The highest BCUT2D eigenvalue weighted by molar-refractivity contribution is 5.94. The second-order valence-corrected chi connectivity index (χ2v) is 24.0. The van der Waals surface area contributed by atoms with Gasteiger partial charge >= 0.3 is 59.7 Å². The average molecular weight is 1490 g/mol. The Morgan fingerprint density at radius 2 is 0.468 bits per heavy atom. The van der Waals surface area contributed by atoms with E-state index in [2.05, 4.69) is 0 Å². The zero-order chi connectivity index (χ0) is 77.4. The number of aliphatic hydroxyl groups is 4. The molecule has 11 unspecified atom stereocenters. The molecule has 26 nitrogen and oxygen atoms in total. The fourth-order valence-corrected chi connectivity index (χ4v) is 10.9. The summed E-state index contributed by atoms with van der Waals surface area (Å²) in [5, 5.41) is 48.7. The van der Waals surface area contributed by atoms with Crippen LogP contribution in [0.3, 0.4) is 0 Å². The van der Waals surface area contributed by atoms with Crippen molar-refractivity contribution >= 4 is 59.7 Å². The number of carbonyl (C=O) groups excluding carboxylic acids is 10. The van der Waals surface area contributed by atoms with Crippen molar-refractivity contribution < 1.29 is 125 Å². The molecule has 0 aromatic heterocycles. The molecule has 0 saturated heterocycles. The molecule has 0 bridgehead atoms. The smallest absolute Gasteiger partial charge is 0.338 e. The predicted molar refractivity (Wildman–Crippen MR) is 383 cm³/mol. The van der Waals surface area contributed by atoms with Crippen LogP contribution < -0.4 is 0 Å². The van der Waals surface area contributed by atoms with Crippen molar-refractivity contribution in [1.82, 2.24) is 0 Å². The molecule has 9 aromatic rings. The third-order valence-electron chi connectivity index (χ3n) is 16.3. The number of ether oxygens (including phenoxy) is 12. The molecule has 0 radical (unpaired) electrons. The van der Waals surface area contributed by atoms with Crippen LogP contribution >= 0.6 is 0 Å². The second kappa shape index (κ2) is 41.4. The predicted octanol–water partition coefficient (Wildman–Crippen LogP) is 9.73. The number of esters is 10. The van der Waals surface area contributed by atoms with Crippen LogP contribution in [0.2, 0.25) is 0 Å². The molecular weight excluding hydrogens is 1410 g/mol. The van der Waals surface area contributed by atoms with Gasteiger partial charge in [0.2, 0.25) is 0 Å². The summed E-state index contributed by atoms with van der Waals surface area (Å²) in [7, 11) is 0. The van der Waals surface area contributed by atoms with Crippen LogP contribution in [0.1, 0.15) is 119 Å². The van der Waals surface area contributed by atoms with Crippen molar-refractivity contribution in [3.05, 3.63) is 323 Å².